The molecule has 1 saturated heterocycles. The van der Waals surface area contributed by atoms with E-state index in [1.807, 2.05) is 19.9 Å². The van der Waals surface area contributed by atoms with Crippen LogP contribution in [0.1, 0.15) is 60.8 Å². The first kappa shape index (κ1) is 14.4. The molecule has 1 amide bonds. The van der Waals surface area contributed by atoms with E-state index in [-0.39, 0.29) is 11.9 Å². The molecule has 1 atom stereocenters. The Balaban J connectivity index is 1.70. The Morgan fingerprint density at radius 3 is 2.95 bits per heavy atom. The van der Waals surface area contributed by atoms with Gasteiger partial charge >= 0.3 is 0 Å². The average Bonchev–Trinajstić information content (AvgIpc) is 2.46. The highest BCUT2D eigenvalue weighted by molar-refractivity contribution is 5.95. The molecule has 0 bridgehead atoms. The van der Waals surface area contributed by atoms with Crippen LogP contribution in [0.2, 0.25) is 0 Å². The van der Waals surface area contributed by atoms with Gasteiger partial charge in [0.05, 0.1) is 17.0 Å². The molecule has 21 heavy (non-hydrogen) atoms. The molecule has 1 aliphatic carbocycles. The predicted molar refractivity (Wildman–Crippen MR) is 81.2 cm³/mol. The summed E-state index contributed by atoms with van der Waals surface area (Å²) in [4.78, 5) is 12.6. The standard InChI is InChI=1S/C16H24N4O/c1-3-14-13(9-11(2)19-20-14)15(21)18-12-5-8-17-16(10-12)6-4-7-16/h9,12,17H,3-8,10H2,1-2H3,(H,18,21). The second kappa shape index (κ2) is 5.72. The maximum Gasteiger partial charge on any atom is 0.253 e. The Morgan fingerprint density at radius 1 is 1.48 bits per heavy atom. The molecule has 1 saturated carbocycles. The van der Waals surface area contributed by atoms with Crippen molar-refractivity contribution in [2.45, 2.75) is 64.0 Å². The summed E-state index contributed by atoms with van der Waals surface area (Å²) < 4.78 is 0. The molecular weight excluding hydrogens is 264 g/mol. The van der Waals surface area contributed by atoms with Crippen LogP contribution in [0.25, 0.3) is 0 Å². The Hall–Kier alpha value is -1.49. The largest absolute Gasteiger partial charge is 0.349 e. The molecule has 2 heterocycles. The number of carbonyl (C=O) groups excluding carboxylic acids is 1. The van der Waals surface area contributed by atoms with E-state index in [9.17, 15) is 4.79 Å². The van der Waals surface area contributed by atoms with Crippen molar-refractivity contribution in [3.8, 4) is 0 Å². The van der Waals surface area contributed by atoms with Crippen LogP contribution >= 0.6 is 0 Å². The average molecular weight is 288 g/mol. The summed E-state index contributed by atoms with van der Waals surface area (Å²) in [6.07, 6.45) is 6.59. The minimum Gasteiger partial charge on any atom is -0.349 e. The van der Waals surface area contributed by atoms with Gasteiger partial charge in [-0.2, -0.15) is 10.2 Å². The molecule has 1 unspecified atom stereocenters. The minimum absolute atomic E-state index is 0.00576. The number of carbonyl (C=O) groups is 1. The SMILES string of the molecule is CCc1nnc(C)cc1C(=O)NC1CCNC2(CCC2)C1. The van der Waals surface area contributed by atoms with E-state index in [1.165, 1.54) is 19.3 Å². The molecule has 1 aromatic rings. The van der Waals surface area contributed by atoms with E-state index in [0.717, 1.165) is 37.2 Å². The minimum atomic E-state index is 0.00576. The van der Waals surface area contributed by atoms with Gasteiger partial charge in [-0.1, -0.05) is 6.92 Å². The topological polar surface area (TPSA) is 66.9 Å². The van der Waals surface area contributed by atoms with Gasteiger partial charge in [0.2, 0.25) is 0 Å². The fraction of sp³-hybridized carbons (Fsp3) is 0.688. The molecule has 2 aliphatic rings. The van der Waals surface area contributed by atoms with E-state index in [1.54, 1.807) is 0 Å². The molecule has 0 aromatic carbocycles. The van der Waals surface area contributed by atoms with Crippen LogP contribution in [-0.4, -0.2) is 34.2 Å². The van der Waals surface area contributed by atoms with Crippen LogP contribution < -0.4 is 10.6 Å². The number of nitrogens with zero attached hydrogens (tertiary/aromatic N) is 2. The number of nitrogens with one attached hydrogen (secondary N) is 2. The second-order valence-electron chi connectivity index (χ2n) is 6.42. The van der Waals surface area contributed by atoms with E-state index in [0.29, 0.717) is 11.1 Å². The number of amides is 1. The maximum atomic E-state index is 12.6. The molecule has 2 N–H and O–H groups in total. The van der Waals surface area contributed by atoms with Crippen molar-refractivity contribution < 1.29 is 4.79 Å². The number of aromatic nitrogens is 2. The summed E-state index contributed by atoms with van der Waals surface area (Å²) in [7, 11) is 0. The second-order valence-corrected chi connectivity index (χ2v) is 6.42. The monoisotopic (exact) mass is 288 g/mol. The Morgan fingerprint density at radius 2 is 2.29 bits per heavy atom. The summed E-state index contributed by atoms with van der Waals surface area (Å²) in [5.74, 6) is 0.00576. The third-order valence-corrected chi connectivity index (χ3v) is 4.85. The summed E-state index contributed by atoms with van der Waals surface area (Å²) >= 11 is 0. The zero-order valence-corrected chi connectivity index (χ0v) is 12.9. The highest BCUT2D eigenvalue weighted by Gasteiger charge is 2.41. The van der Waals surface area contributed by atoms with Gasteiger partial charge in [-0.3, -0.25) is 4.79 Å². The van der Waals surface area contributed by atoms with Crippen LogP contribution in [-0.2, 0) is 6.42 Å². The number of piperidine rings is 1. The first-order valence-electron chi connectivity index (χ1n) is 8.01. The summed E-state index contributed by atoms with van der Waals surface area (Å²) in [5, 5.41) is 15.0. The fourth-order valence-electron chi connectivity index (χ4n) is 3.50. The summed E-state index contributed by atoms with van der Waals surface area (Å²) in [5.41, 5.74) is 2.56. The lowest BCUT2D eigenvalue weighted by Crippen LogP contribution is -2.59. The molecule has 114 valence electrons. The zero-order chi connectivity index (χ0) is 14.9. The molecule has 1 aromatic heterocycles. The highest BCUT2D eigenvalue weighted by atomic mass is 16.1. The first-order chi connectivity index (χ1) is 10.1. The Kier molecular flexibility index (Phi) is 3.93. The van der Waals surface area contributed by atoms with Crippen molar-refractivity contribution in [2.24, 2.45) is 0 Å². The van der Waals surface area contributed by atoms with Crippen molar-refractivity contribution in [1.29, 1.82) is 0 Å². The van der Waals surface area contributed by atoms with Crippen LogP contribution in [0.5, 0.6) is 0 Å². The normalized spacial score (nSPS) is 23.6. The van der Waals surface area contributed by atoms with E-state index in [4.69, 9.17) is 0 Å². The van der Waals surface area contributed by atoms with Gasteiger partial charge in [0.15, 0.2) is 0 Å². The van der Waals surface area contributed by atoms with E-state index in [2.05, 4.69) is 20.8 Å². The third kappa shape index (κ3) is 2.93. The first-order valence-corrected chi connectivity index (χ1v) is 8.01. The van der Waals surface area contributed by atoms with Crippen molar-refractivity contribution in [2.75, 3.05) is 6.54 Å². The molecule has 2 fully saturated rings. The molecule has 1 spiro atoms. The van der Waals surface area contributed by atoms with Gasteiger partial charge in [0.25, 0.3) is 5.91 Å². The third-order valence-electron chi connectivity index (χ3n) is 4.85. The molecule has 3 rings (SSSR count). The van der Waals surface area contributed by atoms with Gasteiger partial charge in [0.1, 0.15) is 0 Å². The maximum absolute atomic E-state index is 12.6. The van der Waals surface area contributed by atoms with Crippen molar-refractivity contribution in [3.63, 3.8) is 0 Å². The molecular formula is C16H24N4O. The number of hydrogen-bond donors (Lipinski definition) is 2. The lowest BCUT2D eigenvalue weighted by atomic mass is 9.70. The lowest BCUT2D eigenvalue weighted by Gasteiger charge is -2.48. The fourth-order valence-corrected chi connectivity index (χ4v) is 3.50. The van der Waals surface area contributed by atoms with Gasteiger partial charge < -0.3 is 10.6 Å². The molecule has 5 heteroatoms. The van der Waals surface area contributed by atoms with Crippen molar-refractivity contribution in [1.82, 2.24) is 20.8 Å². The molecule has 1 aliphatic heterocycles. The van der Waals surface area contributed by atoms with E-state index >= 15 is 0 Å². The van der Waals surface area contributed by atoms with Crippen LogP contribution in [0.4, 0.5) is 0 Å². The van der Waals surface area contributed by atoms with Gasteiger partial charge in [-0.25, -0.2) is 0 Å². The Labute approximate surface area is 125 Å². The van der Waals surface area contributed by atoms with Crippen LogP contribution in [0.3, 0.4) is 0 Å². The van der Waals surface area contributed by atoms with Crippen molar-refractivity contribution >= 4 is 5.91 Å². The Bertz CT molecular complexity index is 539. The van der Waals surface area contributed by atoms with Crippen molar-refractivity contribution in [3.05, 3.63) is 23.0 Å². The molecule has 5 nitrogen and oxygen atoms in total. The number of hydrogen-bond acceptors (Lipinski definition) is 4. The highest BCUT2D eigenvalue weighted by Crippen LogP contribution is 2.38. The quantitative estimate of drug-likeness (QED) is 0.889. The van der Waals surface area contributed by atoms with Gasteiger partial charge in [-0.05, 0) is 58.1 Å². The lowest BCUT2D eigenvalue weighted by molar-refractivity contribution is 0.0851. The summed E-state index contributed by atoms with van der Waals surface area (Å²) in [6, 6.07) is 2.12. The zero-order valence-electron chi connectivity index (χ0n) is 12.9. The smallest absolute Gasteiger partial charge is 0.253 e. The number of rotatable bonds is 3. The van der Waals surface area contributed by atoms with Gasteiger partial charge in [-0.15, -0.1) is 0 Å². The van der Waals surface area contributed by atoms with E-state index < -0.39 is 0 Å². The van der Waals surface area contributed by atoms with Gasteiger partial charge in [0, 0.05) is 11.6 Å². The number of aryl methyl sites for hydroxylation is 2. The summed E-state index contributed by atoms with van der Waals surface area (Å²) in [6.45, 7) is 4.88. The van der Waals surface area contributed by atoms with Crippen LogP contribution in [0, 0.1) is 6.92 Å². The predicted octanol–water partition coefficient (Wildman–Crippen LogP) is 1.75. The van der Waals surface area contributed by atoms with Crippen LogP contribution in [0.15, 0.2) is 6.07 Å². The molecule has 0 radical (unpaired) electrons.